The molecule has 7 heteroatoms. The lowest BCUT2D eigenvalue weighted by molar-refractivity contribution is -0.136. The van der Waals surface area contributed by atoms with Crippen LogP contribution in [0.5, 0.6) is 0 Å². The van der Waals surface area contributed by atoms with Gasteiger partial charge in [-0.25, -0.2) is 19.2 Å². The van der Waals surface area contributed by atoms with Crippen molar-refractivity contribution in [3.63, 3.8) is 0 Å². The summed E-state index contributed by atoms with van der Waals surface area (Å²) in [5.74, 6) is -2.70. The number of carbonyl (C=O) groups excluding carboxylic acids is 1. The number of rotatable bonds is 5. The molecule has 0 unspecified atom stereocenters. The summed E-state index contributed by atoms with van der Waals surface area (Å²) in [6.07, 6.45) is 1.75. The number of hydrogen-bond acceptors (Lipinski definition) is 4. The van der Waals surface area contributed by atoms with E-state index in [1.165, 1.54) is 28.9 Å². The number of amides is 1. The second-order valence-electron chi connectivity index (χ2n) is 7.73. The van der Waals surface area contributed by atoms with Gasteiger partial charge in [0.25, 0.3) is 5.91 Å². The highest BCUT2D eigenvalue weighted by atomic mass is 32.1. The normalized spacial score (nSPS) is 21.8. The zero-order valence-electron chi connectivity index (χ0n) is 16.7. The highest BCUT2D eigenvalue weighted by molar-refractivity contribution is 7.18. The predicted octanol–water partition coefficient (Wildman–Crippen LogP) is 5.71. The van der Waals surface area contributed by atoms with Gasteiger partial charge in [-0.2, -0.15) is 0 Å². The van der Waals surface area contributed by atoms with Gasteiger partial charge in [-0.1, -0.05) is 54.6 Å². The molecule has 0 radical (unpaired) electrons. The Kier molecular flexibility index (Phi) is 5.07. The van der Waals surface area contributed by atoms with E-state index in [1.807, 2.05) is 18.2 Å². The molecule has 0 bridgehead atoms. The minimum Gasteiger partial charge on any atom is -0.289 e. The first-order chi connectivity index (χ1) is 15.5. The number of hydrogen-bond donors (Lipinski definition) is 2. The zero-order valence-corrected chi connectivity index (χ0v) is 17.5. The minimum absolute atomic E-state index is 0.297. The molecule has 1 aliphatic carbocycles. The Bertz CT molecular complexity index is 1260. The molecule has 5 rings (SSSR count). The second-order valence-corrected chi connectivity index (χ2v) is 8.76. The highest BCUT2D eigenvalue weighted by Gasteiger charge is 2.72. The molecule has 0 spiro atoms. The van der Waals surface area contributed by atoms with Crippen LogP contribution in [0.1, 0.15) is 23.0 Å². The van der Waals surface area contributed by atoms with Crippen LogP contribution in [0.25, 0.3) is 21.0 Å². The van der Waals surface area contributed by atoms with Crippen LogP contribution >= 0.6 is 11.3 Å². The van der Waals surface area contributed by atoms with E-state index in [2.05, 4.69) is 4.98 Å². The van der Waals surface area contributed by atoms with Gasteiger partial charge in [-0.05, 0) is 41.0 Å². The summed E-state index contributed by atoms with van der Waals surface area (Å²) in [5.41, 5.74) is 2.40. The molecule has 3 atom stereocenters. The maximum absolute atomic E-state index is 15.6. The Balaban J connectivity index is 1.42. The standard InChI is InChI=1S/C25H18F2N2O2S/c26-19-12-10-18(11-13-19)23-28-14-20(32-23)15-6-8-17(9-7-15)22-21(16-4-2-1-3-5-16)25(22,27)24(30)29-31/h1-14,21-22,31H,(H,29,30)/t21-,22-,25+/m1/s1. The van der Waals surface area contributed by atoms with E-state index in [4.69, 9.17) is 5.21 Å². The third-order valence-electron chi connectivity index (χ3n) is 5.89. The average molecular weight is 448 g/mol. The third-order valence-corrected chi connectivity index (χ3v) is 6.98. The molecule has 160 valence electrons. The van der Waals surface area contributed by atoms with E-state index in [-0.39, 0.29) is 5.82 Å². The Morgan fingerprint density at radius 1 is 0.906 bits per heavy atom. The average Bonchev–Trinajstić information content (AvgIpc) is 3.19. The third kappa shape index (κ3) is 3.39. The number of nitrogens with zero attached hydrogens (tertiary/aromatic N) is 1. The van der Waals surface area contributed by atoms with Crippen LogP contribution in [0.4, 0.5) is 8.78 Å². The van der Waals surface area contributed by atoms with Gasteiger partial charge in [-0.3, -0.25) is 10.0 Å². The van der Waals surface area contributed by atoms with Crippen LogP contribution in [0, 0.1) is 5.82 Å². The molecule has 0 saturated heterocycles. The summed E-state index contributed by atoms with van der Waals surface area (Å²) in [7, 11) is 0. The summed E-state index contributed by atoms with van der Waals surface area (Å²) in [6.45, 7) is 0. The van der Waals surface area contributed by atoms with Gasteiger partial charge in [0.1, 0.15) is 10.8 Å². The first-order valence-corrected chi connectivity index (χ1v) is 10.8. The van der Waals surface area contributed by atoms with Crippen molar-refractivity contribution < 1.29 is 18.8 Å². The van der Waals surface area contributed by atoms with Crippen molar-refractivity contribution in [1.82, 2.24) is 10.5 Å². The van der Waals surface area contributed by atoms with E-state index in [1.54, 1.807) is 54.7 Å². The Hall–Kier alpha value is -3.42. The van der Waals surface area contributed by atoms with Crippen molar-refractivity contribution in [2.24, 2.45) is 0 Å². The summed E-state index contributed by atoms with van der Waals surface area (Å²) in [5, 5.41) is 9.85. The van der Waals surface area contributed by atoms with Gasteiger partial charge in [-0.15, -0.1) is 11.3 Å². The van der Waals surface area contributed by atoms with Gasteiger partial charge < -0.3 is 0 Å². The van der Waals surface area contributed by atoms with E-state index in [0.29, 0.717) is 11.1 Å². The molecule has 1 amide bonds. The molecule has 1 saturated carbocycles. The quantitative estimate of drug-likeness (QED) is 0.304. The number of benzene rings is 3. The van der Waals surface area contributed by atoms with Crippen LogP contribution in [0.2, 0.25) is 0 Å². The number of carbonyl (C=O) groups is 1. The predicted molar refractivity (Wildman–Crippen MR) is 119 cm³/mol. The van der Waals surface area contributed by atoms with Gasteiger partial charge in [0, 0.05) is 23.6 Å². The molecule has 1 aromatic heterocycles. The van der Waals surface area contributed by atoms with Crippen molar-refractivity contribution in [1.29, 1.82) is 0 Å². The molecular weight excluding hydrogens is 430 g/mol. The molecule has 1 aliphatic rings. The topological polar surface area (TPSA) is 62.2 Å². The van der Waals surface area contributed by atoms with Crippen LogP contribution < -0.4 is 5.48 Å². The summed E-state index contributed by atoms with van der Waals surface area (Å²) in [6, 6.07) is 22.5. The second kappa shape index (κ2) is 7.93. The molecule has 3 aromatic carbocycles. The minimum atomic E-state index is -2.21. The van der Waals surface area contributed by atoms with E-state index in [9.17, 15) is 9.18 Å². The van der Waals surface area contributed by atoms with Crippen molar-refractivity contribution in [3.05, 3.63) is 102 Å². The lowest BCUT2D eigenvalue weighted by atomic mass is 10.0. The van der Waals surface area contributed by atoms with Crippen molar-refractivity contribution in [2.45, 2.75) is 17.5 Å². The molecule has 0 aliphatic heterocycles. The maximum Gasteiger partial charge on any atom is 0.282 e. The van der Waals surface area contributed by atoms with Crippen molar-refractivity contribution >= 4 is 17.2 Å². The number of halogens is 2. The van der Waals surface area contributed by atoms with Crippen LogP contribution in [0.15, 0.2) is 85.1 Å². The number of alkyl halides is 1. The molecule has 1 heterocycles. The molecule has 1 fully saturated rings. The van der Waals surface area contributed by atoms with Crippen LogP contribution in [-0.2, 0) is 4.79 Å². The number of aromatic nitrogens is 1. The molecule has 32 heavy (non-hydrogen) atoms. The van der Waals surface area contributed by atoms with Gasteiger partial charge >= 0.3 is 0 Å². The number of thiazole rings is 1. The zero-order chi connectivity index (χ0) is 22.3. The molecule has 4 nitrogen and oxygen atoms in total. The summed E-state index contributed by atoms with van der Waals surface area (Å²) < 4.78 is 28.8. The fourth-order valence-corrected chi connectivity index (χ4v) is 5.17. The maximum atomic E-state index is 15.6. The SMILES string of the molecule is O=C(NO)[C@]1(F)[C@H](c2ccccc2)[C@H]1c1ccc(-c2cnc(-c3ccc(F)cc3)s2)cc1. The fraction of sp³-hybridized carbons (Fsp3) is 0.120. The Morgan fingerprint density at radius 3 is 2.12 bits per heavy atom. The van der Waals surface area contributed by atoms with E-state index >= 15 is 4.39 Å². The van der Waals surface area contributed by atoms with Gasteiger partial charge in [0.2, 0.25) is 5.67 Å². The highest BCUT2D eigenvalue weighted by Crippen LogP contribution is 2.66. The van der Waals surface area contributed by atoms with Crippen molar-refractivity contribution in [2.75, 3.05) is 0 Å². The lowest BCUT2D eigenvalue weighted by Gasteiger charge is -2.06. The van der Waals surface area contributed by atoms with Gasteiger partial charge in [0.05, 0.1) is 4.88 Å². The monoisotopic (exact) mass is 448 g/mol. The Labute approximate surface area is 187 Å². The number of nitrogens with one attached hydrogen (secondary N) is 1. The summed E-state index contributed by atoms with van der Waals surface area (Å²) >= 11 is 1.48. The largest absolute Gasteiger partial charge is 0.289 e. The molecule has 4 aromatic rings. The summed E-state index contributed by atoms with van der Waals surface area (Å²) in [4.78, 5) is 17.5. The molecular formula is C25H18F2N2O2S. The van der Waals surface area contributed by atoms with Gasteiger partial charge in [0.15, 0.2) is 0 Å². The Morgan fingerprint density at radius 2 is 1.50 bits per heavy atom. The lowest BCUT2D eigenvalue weighted by Crippen LogP contribution is -2.33. The van der Waals surface area contributed by atoms with Crippen LogP contribution in [-0.4, -0.2) is 21.8 Å². The first-order valence-electron chi connectivity index (χ1n) is 10.0. The van der Waals surface area contributed by atoms with Crippen LogP contribution in [0.3, 0.4) is 0 Å². The van der Waals surface area contributed by atoms with E-state index < -0.39 is 23.4 Å². The fourth-order valence-electron chi connectivity index (χ4n) is 4.24. The van der Waals surface area contributed by atoms with Crippen molar-refractivity contribution in [3.8, 4) is 21.0 Å². The molecule has 2 N–H and O–H groups in total. The first kappa shape index (κ1) is 20.5. The number of hydroxylamine groups is 1. The smallest absolute Gasteiger partial charge is 0.282 e. The van der Waals surface area contributed by atoms with E-state index in [0.717, 1.165) is 21.0 Å².